The zero-order valence-electron chi connectivity index (χ0n) is 19.3. The zero-order valence-corrected chi connectivity index (χ0v) is 21.7. The predicted octanol–water partition coefficient (Wildman–Crippen LogP) is 2.03. The maximum Gasteiger partial charge on any atom is 0.338 e. The average Bonchev–Trinajstić information content (AvgIpc) is 3.38. The number of urea groups is 1. The van der Waals surface area contributed by atoms with Gasteiger partial charge < -0.3 is 25.4 Å². The van der Waals surface area contributed by atoms with Gasteiger partial charge in [0.15, 0.2) is 10.8 Å². The van der Waals surface area contributed by atoms with Crippen LogP contribution in [-0.4, -0.2) is 84.7 Å². The molecule has 4 heterocycles. The van der Waals surface area contributed by atoms with Crippen molar-refractivity contribution in [1.82, 2.24) is 20.1 Å². The molecule has 2 aromatic rings. The summed E-state index contributed by atoms with van der Waals surface area (Å²) in [5.74, 6) is -0.448. The largest absolute Gasteiger partial charge is 0.466 e. The van der Waals surface area contributed by atoms with E-state index >= 15 is 0 Å². The Labute approximate surface area is 219 Å². The molecule has 2 saturated heterocycles. The Morgan fingerprint density at radius 1 is 1.33 bits per heavy atom. The number of hydrogen-bond donors (Lipinski definition) is 2. The lowest BCUT2D eigenvalue weighted by molar-refractivity contribution is -0.136. The van der Waals surface area contributed by atoms with Crippen LogP contribution < -0.4 is 11.1 Å². The minimum absolute atomic E-state index is 0.101. The van der Waals surface area contributed by atoms with Gasteiger partial charge in [-0.1, -0.05) is 22.0 Å². The van der Waals surface area contributed by atoms with Crippen LogP contribution in [0, 0.1) is 5.82 Å². The number of carbonyl (C=O) groups excluding carboxylic acids is 2. The minimum Gasteiger partial charge on any atom is -0.466 e. The van der Waals surface area contributed by atoms with Crippen molar-refractivity contribution in [2.24, 2.45) is 10.7 Å². The molecule has 2 amide bonds. The highest BCUT2D eigenvalue weighted by Gasteiger charge is 2.42. The Kier molecular flexibility index (Phi) is 7.06. The van der Waals surface area contributed by atoms with Gasteiger partial charge in [0.25, 0.3) is 0 Å². The number of piperazine rings is 1. The number of carbonyl (C=O) groups is 2. The van der Waals surface area contributed by atoms with Crippen molar-refractivity contribution in [2.45, 2.75) is 18.1 Å². The summed E-state index contributed by atoms with van der Waals surface area (Å²) in [4.78, 5) is 38.0. The third kappa shape index (κ3) is 4.75. The maximum absolute atomic E-state index is 13.9. The fraction of sp³-hybridized carbons (Fsp3) is 0.391. The highest BCUT2D eigenvalue weighted by Crippen LogP contribution is 2.37. The number of aromatic nitrogens is 1. The molecule has 0 radical (unpaired) electrons. The number of benzene rings is 1. The van der Waals surface area contributed by atoms with Crippen molar-refractivity contribution in [3.05, 3.63) is 61.9 Å². The molecule has 190 valence electrons. The number of ether oxygens (including phenoxy) is 2. The lowest BCUT2D eigenvalue weighted by Gasteiger charge is -2.49. The molecule has 36 heavy (non-hydrogen) atoms. The lowest BCUT2D eigenvalue weighted by Crippen LogP contribution is -2.66. The first-order valence-electron chi connectivity index (χ1n) is 11.2. The number of esters is 1. The molecule has 2 unspecified atom stereocenters. The first-order valence-corrected chi connectivity index (χ1v) is 12.9. The molecule has 2 bridgehead atoms. The van der Waals surface area contributed by atoms with Crippen LogP contribution in [0.4, 0.5) is 9.18 Å². The van der Waals surface area contributed by atoms with Crippen molar-refractivity contribution in [3.8, 4) is 0 Å². The molecule has 3 atom stereocenters. The van der Waals surface area contributed by atoms with Crippen molar-refractivity contribution in [2.75, 3.05) is 40.0 Å². The third-order valence-electron chi connectivity index (χ3n) is 6.50. The number of amides is 2. The quantitative estimate of drug-likeness (QED) is 0.520. The number of primary amides is 1. The number of amidine groups is 1. The average molecular weight is 579 g/mol. The minimum atomic E-state index is -0.759. The number of fused-ring (bicyclic) bond motifs is 2. The van der Waals surface area contributed by atoms with E-state index < -0.39 is 23.9 Å². The molecule has 1 aromatic heterocycles. The Bertz CT molecular complexity index is 1230. The van der Waals surface area contributed by atoms with Gasteiger partial charge in [0.2, 0.25) is 0 Å². The molecule has 3 N–H and O–H groups in total. The molecule has 0 saturated carbocycles. The van der Waals surface area contributed by atoms with Crippen molar-refractivity contribution >= 4 is 45.1 Å². The number of nitrogens with two attached hydrogens (primary N) is 1. The van der Waals surface area contributed by atoms with Crippen molar-refractivity contribution < 1.29 is 23.5 Å². The Hall–Kier alpha value is -2.87. The molecule has 2 fully saturated rings. The van der Waals surface area contributed by atoms with Gasteiger partial charge in [-0.15, -0.1) is 11.3 Å². The van der Waals surface area contributed by atoms with Crippen LogP contribution in [0.1, 0.15) is 16.6 Å². The standard InChI is InChI=1S/C23H24BrFN6O4S/c1-34-22(32)18-17(9-31-13-7-30(23(26)33)8-14(31)11-35-10-13)28-20(21-27-4-5-36-21)29-19(18)15-3-2-12(25)6-16(15)24/h2-6,13-14,19H,7-11H2,1H3,(H2,26,33)(H,28,29)/t13?,14?,19-/m0/s1. The summed E-state index contributed by atoms with van der Waals surface area (Å²) in [7, 11) is 1.32. The monoisotopic (exact) mass is 578 g/mol. The number of aliphatic imine (C=N–C) groups is 1. The second-order valence-electron chi connectivity index (χ2n) is 8.65. The maximum atomic E-state index is 13.9. The van der Waals surface area contributed by atoms with Gasteiger partial charge in [-0.25, -0.2) is 19.0 Å². The molecule has 0 aliphatic carbocycles. The number of morpholine rings is 1. The predicted molar refractivity (Wildman–Crippen MR) is 134 cm³/mol. The molecular formula is C23H24BrFN6O4S. The molecular weight excluding hydrogens is 555 g/mol. The van der Waals surface area contributed by atoms with E-state index in [9.17, 15) is 14.0 Å². The van der Waals surface area contributed by atoms with Crippen LogP contribution in [0.3, 0.4) is 0 Å². The van der Waals surface area contributed by atoms with Gasteiger partial charge in [0, 0.05) is 41.4 Å². The Morgan fingerprint density at radius 3 is 2.69 bits per heavy atom. The second kappa shape index (κ2) is 10.2. The van der Waals surface area contributed by atoms with E-state index in [2.05, 4.69) is 31.1 Å². The number of halogens is 2. The molecule has 0 spiro atoms. The fourth-order valence-electron chi connectivity index (χ4n) is 4.82. The summed E-state index contributed by atoms with van der Waals surface area (Å²) in [5, 5.41) is 5.82. The third-order valence-corrected chi connectivity index (χ3v) is 7.96. The second-order valence-corrected chi connectivity index (χ2v) is 10.4. The van der Waals surface area contributed by atoms with Crippen LogP contribution in [0.15, 0.2) is 50.5 Å². The number of methoxy groups -OCH3 is 1. The number of rotatable bonds is 5. The Morgan fingerprint density at radius 2 is 2.08 bits per heavy atom. The normalized spacial score (nSPS) is 24.2. The fourth-order valence-corrected chi connectivity index (χ4v) is 5.97. The summed E-state index contributed by atoms with van der Waals surface area (Å²) in [6.07, 6.45) is 1.68. The van der Waals surface area contributed by atoms with Gasteiger partial charge in [0.05, 0.1) is 38.0 Å². The summed E-state index contributed by atoms with van der Waals surface area (Å²) in [6.45, 7) is 2.07. The smallest absolute Gasteiger partial charge is 0.338 e. The SMILES string of the molecule is COC(=O)C1=C(CN2C3COCC2CN(C(N)=O)C3)NC(c2nccs2)=N[C@H]1c1ccc(F)cc1Br. The highest BCUT2D eigenvalue weighted by atomic mass is 79.9. The topological polar surface area (TPSA) is 122 Å². The number of thiazole rings is 1. The van der Waals surface area contributed by atoms with Crippen LogP contribution >= 0.6 is 27.3 Å². The first-order chi connectivity index (χ1) is 17.4. The van der Waals surface area contributed by atoms with E-state index in [1.54, 1.807) is 17.2 Å². The molecule has 10 nitrogen and oxygen atoms in total. The van der Waals surface area contributed by atoms with Crippen molar-refractivity contribution in [3.63, 3.8) is 0 Å². The van der Waals surface area contributed by atoms with Crippen LogP contribution in [0.25, 0.3) is 0 Å². The van der Waals surface area contributed by atoms with E-state index in [4.69, 9.17) is 20.2 Å². The Balaban J connectivity index is 1.58. The van der Waals surface area contributed by atoms with E-state index in [-0.39, 0.29) is 12.1 Å². The van der Waals surface area contributed by atoms with Crippen molar-refractivity contribution in [1.29, 1.82) is 0 Å². The summed E-state index contributed by atoms with van der Waals surface area (Å²) in [5.41, 5.74) is 7.09. The molecule has 1 aromatic carbocycles. The zero-order chi connectivity index (χ0) is 25.4. The van der Waals surface area contributed by atoms with Gasteiger partial charge in [-0.2, -0.15) is 0 Å². The van der Waals surface area contributed by atoms with E-state index in [1.807, 2.05) is 5.38 Å². The summed E-state index contributed by atoms with van der Waals surface area (Å²) < 4.78 is 25.3. The first kappa shape index (κ1) is 24.8. The number of nitrogens with zero attached hydrogens (tertiary/aromatic N) is 4. The number of hydrogen-bond acceptors (Lipinski definition) is 9. The van der Waals surface area contributed by atoms with Crippen LogP contribution in [0.2, 0.25) is 0 Å². The summed E-state index contributed by atoms with van der Waals surface area (Å²) in [6, 6.07) is 2.86. The molecule has 3 aliphatic rings. The van der Waals surface area contributed by atoms with Gasteiger partial charge in [0.1, 0.15) is 11.9 Å². The summed E-state index contributed by atoms with van der Waals surface area (Å²) >= 11 is 4.84. The molecule has 3 aliphatic heterocycles. The van der Waals surface area contributed by atoms with Gasteiger partial charge in [-0.3, -0.25) is 9.89 Å². The lowest BCUT2D eigenvalue weighted by atomic mass is 9.94. The van der Waals surface area contributed by atoms with E-state index in [0.717, 1.165) is 0 Å². The number of nitrogens with one attached hydrogen (secondary N) is 1. The molecule has 5 rings (SSSR count). The van der Waals surface area contributed by atoms with Gasteiger partial charge in [-0.05, 0) is 17.7 Å². The molecule has 13 heteroatoms. The van der Waals surface area contributed by atoms with Gasteiger partial charge >= 0.3 is 12.0 Å². The van der Waals surface area contributed by atoms with Crippen LogP contribution in [0.5, 0.6) is 0 Å². The van der Waals surface area contributed by atoms with E-state index in [1.165, 1.54) is 30.6 Å². The van der Waals surface area contributed by atoms with E-state index in [0.29, 0.717) is 65.0 Å². The van der Waals surface area contributed by atoms with Crippen LogP contribution in [-0.2, 0) is 14.3 Å². The highest BCUT2D eigenvalue weighted by molar-refractivity contribution is 9.10.